The fourth-order valence-electron chi connectivity index (χ4n) is 4.79. The molecule has 0 atom stereocenters. The summed E-state index contributed by atoms with van der Waals surface area (Å²) in [6, 6.07) is 12.7. The van der Waals surface area contributed by atoms with Crippen LogP contribution in [0.15, 0.2) is 54.2 Å². The Morgan fingerprint density at radius 3 is 2.53 bits per heavy atom. The van der Waals surface area contributed by atoms with E-state index in [4.69, 9.17) is 4.74 Å². The molecule has 0 aromatic heterocycles. The summed E-state index contributed by atoms with van der Waals surface area (Å²) in [4.78, 5) is 7.12. The number of hydrogen-bond donors (Lipinski definition) is 0. The van der Waals surface area contributed by atoms with E-state index in [0.29, 0.717) is 5.90 Å². The first-order valence-electron chi connectivity index (χ1n) is 12.2. The number of aliphatic imine (C=N–C) groups is 1. The van der Waals surface area contributed by atoms with Crippen LogP contribution in [0.1, 0.15) is 61.4 Å². The third kappa shape index (κ3) is 6.56. The first-order valence-corrected chi connectivity index (χ1v) is 12.2. The van der Waals surface area contributed by atoms with Gasteiger partial charge in [0, 0.05) is 18.3 Å². The lowest BCUT2D eigenvalue weighted by molar-refractivity contribution is 0.167. The molecule has 1 aliphatic rings. The third-order valence-electron chi connectivity index (χ3n) is 6.41. The van der Waals surface area contributed by atoms with Crippen molar-refractivity contribution in [2.75, 3.05) is 19.6 Å². The van der Waals surface area contributed by atoms with Gasteiger partial charge in [-0.2, -0.15) is 0 Å². The lowest BCUT2D eigenvalue weighted by Gasteiger charge is -2.33. The van der Waals surface area contributed by atoms with Gasteiger partial charge in [-0.25, -0.2) is 4.99 Å². The first-order chi connectivity index (χ1) is 15.4. The number of rotatable bonds is 8. The van der Waals surface area contributed by atoms with E-state index in [2.05, 4.69) is 69.3 Å². The van der Waals surface area contributed by atoms with Crippen LogP contribution in [0.3, 0.4) is 0 Å². The fraction of sp³-hybridized carbons (Fsp3) is 0.483. The minimum Gasteiger partial charge on any atom is -0.438 e. The van der Waals surface area contributed by atoms with Crippen LogP contribution in [0.4, 0.5) is 0 Å². The van der Waals surface area contributed by atoms with Gasteiger partial charge in [0.1, 0.15) is 5.75 Å². The molecule has 0 bridgehead atoms. The molecule has 1 fully saturated rings. The SMILES string of the molecule is C=C/N=C(/Oc1cccc(C)c1)c1cc(CC)c(CC2CCN(CC(C)C)CC2)cc1C. The molecule has 3 heteroatoms. The zero-order valence-electron chi connectivity index (χ0n) is 20.7. The number of nitrogens with zero attached hydrogens (tertiary/aromatic N) is 2. The van der Waals surface area contributed by atoms with Crippen molar-refractivity contribution in [3.05, 3.63) is 77.0 Å². The Morgan fingerprint density at radius 1 is 1.16 bits per heavy atom. The summed E-state index contributed by atoms with van der Waals surface area (Å²) in [5.74, 6) is 2.95. The van der Waals surface area contributed by atoms with Gasteiger partial charge in [-0.1, -0.05) is 45.5 Å². The highest BCUT2D eigenvalue weighted by Gasteiger charge is 2.22. The summed E-state index contributed by atoms with van der Waals surface area (Å²) in [6.45, 7) is 18.6. The summed E-state index contributed by atoms with van der Waals surface area (Å²) in [6.07, 6.45) is 6.36. The molecular weight excluding hydrogens is 392 g/mol. The molecule has 0 N–H and O–H groups in total. The van der Waals surface area contributed by atoms with Gasteiger partial charge in [-0.15, -0.1) is 0 Å². The van der Waals surface area contributed by atoms with Crippen LogP contribution < -0.4 is 4.74 Å². The first kappa shape index (κ1) is 24.3. The topological polar surface area (TPSA) is 24.8 Å². The monoisotopic (exact) mass is 432 g/mol. The molecule has 172 valence electrons. The molecule has 1 heterocycles. The predicted octanol–water partition coefficient (Wildman–Crippen LogP) is 6.75. The zero-order valence-corrected chi connectivity index (χ0v) is 20.7. The predicted molar refractivity (Wildman–Crippen MR) is 137 cm³/mol. The average Bonchev–Trinajstić information content (AvgIpc) is 2.75. The van der Waals surface area contributed by atoms with Crippen LogP contribution in [0, 0.1) is 25.7 Å². The van der Waals surface area contributed by atoms with Crippen molar-refractivity contribution >= 4 is 5.90 Å². The molecule has 2 aromatic rings. The van der Waals surface area contributed by atoms with E-state index in [-0.39, 0.29) is 0 Å². The Bertz CT molecular complexity index is 936. The van der Waals surface area contributed by atoms with Crippen LogP contribution in [0.5, 0.6) is 5.75 Å². The number of hydrogen-bond acceptors (Lipinski definition) is 3. The maximum atomic E-state index is 6.21. The largest absolute Gasteiger partial charge is 0.438 e. The second-order valence-electron chi connectivity index (χ2n) is 9.67. The lowest BCUT2D eigenvalue weighted by Crippen LogP contribution is -2.36. The maximum Gasteiger partial charge on any atom is 0.226 e. The Hall–Kier alpha value is -2.39. The Morgan fingerprint density at radius 2 is 1.91 bits per heavy atom. The maximum absolute atomic E-state index is 6.21. The molecule has 0 amide bonds. The summed E-state index contributed by atoms with van der Waals surface area (Å²) >= 11 is 0. The number of benzene rings is 2. The number of piperidine rings is 1. The second kappa shape index (κ2) is 11.5. The van der Waals surface area contributed by atoms with E-state index in [9.17, 15) is 0 Å². The lowest BCUT2D eigenvalue weighted by atomic mass is 9.86. The van der Waals surface area contributed by atoms with Crippen LogP contribution >= 0.6 is 0 Å². The Balaban J connectivity index is 1.78. The van der Waals surface area contributed by atoms with Gasteiger partial charge in [-0.3, -0.25) is 0 Å². The second-order valence-corrected chi connectivity index (χ2v) is 9.67. The van der Waals surface area contributed by atoms with E-state index in [1.807, 2.05) is 18.2 Å². The van der Waals surface area contributed by atoms with E-state index in [1.165, 1.54) is 61.2 Å². The average molecular weight is 433 g/mol. The van der Waals surface area contributed by atoms with Crippen LogP contribution in [-0.2, 0) is 12.8 Å². The van der Waals surface area contributed by atoms with Crippen LogP contribution in [0.2, 0.25) is 0 Å². The molecule has 0 saturated carbocycles. The van der Waals surface area contributed by atoms with Crippen molar-refractivity contribution in [1.82, 2.24) is 4.90 Å². The van der Waals surface area contributed by atoms with Gasteiger partial charge >= 0.3 is 0 Å². The van der Waals surface area contributed by atoms with E-state index in [1.54, 1.807) is 6.20 Å². The number of ether oxygens (including phenoxy) is 1. The molecule has 0 aliphatic carbocycles. The summed E-state index contributed by atoms with van der Waals surface area (Å²) in [5, 5.41) is 0. The number of likely N-dealkylation sites (tertiary alicyclic amines) is 1. The van der Waals surface area contributed by atoms with Gasteiger partial charge in [0.05, 0.1) is 0 Å². The molecule has 3 nitrogen and oxygen atoms in total. The van der Waals surface area contributed by atoms with Crippen LogP contribution in [-0.4, -0.2) is 30.4 Å². The van der Waals surface area contributed by atoms with Crippen molar-refractivity contribution in [2.45, 2.75) is 60.3 Å². The summed E-state index contributed by atoms with van der Waals surface area (Å²) in [5.41, 5.74) is 6.33. The van der Waals surface area contributed by atoms with Gasteiger partial charge in [0.2, 0.25) is 5.90 Å². The zero-order chi connectivity index (χ0) is 23.1. The molecule has 3 rings (SSSR count). The quantitative estimate of drug-likeness (QED) is 0.341. The molecule has 0 unspecified atom stereocenters. The summed E-state index contributed by atoms with van der Waals surface area (Å²) < 4.78 is 6.21. The molecule has 2 aromatic carbocycles. The Labute approximate surface area is 195 Å². The molecule has 32 heavy (non-hydrogen) atoms. The standard InChI is InChI=1S/C29H40N2O/c1-7-25-19-28(29(30-8-2)32-27-11-9-10-22(5)16-27)23(6)17-26(25)18-24-12-14-31(15-13-24)20-21(3)4/h8-11,16-17,19,21,24H,2,7,12-15,18,20H2,1,3-6H3/b30-29+. The molecule has 1 saturated heterocycles. The van der Waals surface area contributed by atoms with Crippen LogP contribution in [0.25, 0.3) is 0 Å². The third-order valence-corrected chi connectivity index (χ3v) is 6.41. The number of aryl methyl sites for hydroxylation is 3. The van der Waals surface area contributed by atoms with E-state index in [0.717, 1.165) is 29.6 Å². The Kier molecular flexibility index (Phi) is 8.69. The van der Waals surface area contributed by atoms with Crippen molar-refractivity contribution in [3.8, 4) is 5.75 Å². The van der Waals surface area contributed by atoms with Gasteiger partial charge < -0.3 is 9.64 Å². The summed E-state index contributed by atoms with van der Waals surface area (Å²) in [7, 11) is 0. The highest BCUT2D eigenvalue weighted by atomic mass is 16.5. The molecule has 1 aliphatic heterocycles. The minimum atomic E-state index is 0.617. The highest BCUT2D eigenvalue weighted by Crippen LogP contribution is 2.27. The highest BCUT2D eigenvalue weighted by molar-refractivity contribution is 5.97. The van der Waals surface area contributed by atoms with Crippen molar-refractivity contribution < 1.29 is 4.74 Å². The van der Waals surface area contributed by atoms with E-state index < -0.39 is 0 Å². The van der Waals surface area contributed by atoms with Crippen molar-refractivity contribution in [1.29, 1.82) is 0 Å². The minimum absolute atomic E-state index is 0.617. The fourth-order valence-corrected chi connectivity index (χ4v) is 4.79. The molecular formula is C29H40N2O. The molecule has 0 radical (unpaired) electrons. The van der Waals surface area contributed by atoms with Crippen molar-refractivity contribution in [3.63, 3.8) is 0 Å². The normalized spacial score (nSPS) is 15.9. The van der Waals surface area contributed by atoms with Gasteiger partial charge in [-0.05, 0) is 105 Å². The van der Waals surface area contributed by atoms with Crippen molar-refractivity contribution in [2.24, 2.45) is 16.8 Å². The molecule has 0 spiro atoms. The van der Waals surface area contributed by atoms with E-state index >= 15 is 0 Å². The smallest absolute Gasteiger partial charge is 0.226 e. The van der Waals surface area contributed by atoms with Gasteiger partial charge in [0.15, 0.2) is 0 Å². The van der Waals surface area contributed by atoms with Gasteiger partial charge in [0.25, 0.3) is 0 Å².